The number of aryl methyl sites for hydroxylation is 1. The summed E-state index contributed by atoms with van der Waals surface area (Å²) < 4.78 is 0.758. The molecule has 0 atom stereocenters. The van der Waals surface area contributed by atoms with E-state index in [0.717, 1.165) is 4.47 Å². The normalized spacial score (nSPS) is 10.7. The molecule has 0 fully saturated rings. The number of hydrogen-bond donors (Lipinski definition) is 2. The van der Waals surface area contributed by atoms with E-state index in [-0.39, 0.29) is 17.0 Å². The van der Waals surface area contributed by atoms with Gasteiger partial charge in [0.05, 0.1) is 11.1 Å². The number of phenols is 1. The summed E-state index contributed by atoms with van der Waals surface area (Å²) in [6.45, 7) is 1.55. The first-order valence-electron chi connectivity index (χ1n) is 6.45. The van der Waals surface area contributed by atoms with Gasteiger partial charge in [-0.25, -0.2) is 5.43 Å². The molecule has 2 aromatic carbocycles. The number of carbonyl (C=O) groups is 1. The van der Waals surface area contributed by atoms with Crippen LogP contribution in [0.15, 0.2) is 46.0 Å². The summed E-state index contributed by atoms with van der Waals surface area (Å²) in [6, 6.07) is 8.85. The third kappa shape index (κ3) is 4.13. The molecule has 0 spiro atoms. The number of phenolic OH excluding ortho intramolecular Hbond substituents is 1. The molecule has 0 heterocycles. The quantitative estimate of drug-likeness (QED) is 0.484. The van der Waals surface area contributed by atoms with Crippen LogP contribution in [0.2, 0.25) is 0 Å². The molecular formula is C15H12BrN3O4. The highest BCUT2D eigenvalue weighted by atomic mass is 79.9. The van der Waals surface area contributed by atoms with E-state index < -0.39 is 10.8 Å². The van der Waals surface area contributed by atoms with Crippen LogP contribution in [0.25, 0.3) is 0 Å². The standard InChI is InChI=1S/C15H12BrN3O4/c1-9-6-10(2-4-13(9)19(22)23)15(21)18-17-8-11-7-12(16)3-5-14(11)20/h2-8,20H,1H3,(H,18,21)/b17-8+. The van der Waals surface area contributed by atoms with Crippen molar-refractivity contribution in [2.75, 3.05) is 0 Å². The van der Waals surface area contributed by atoms with Crippen molar-refractivity contribution in [1.82, 2.24) is 5.43 Å². The lowest BCUT2D eigenvalue weighted by Gasteiger charge is -2.03. The molecule has 0 unspecified atom stereocenters. The number of nitrogens with zero attached hydrogens (tertiary/aromatic N) is 2. The van der Waals surface area contributed by atoms with Crippen LogP contribution < -0.4 is 5.43 Å². The van der Waals surface area contributed by atoms with Gasteiger partial charge in [0.1, 0.15) is 5.75 Å². The number of hydrazone groups is 1. The summed E-state index contributed by atoms with van der Waals surface area (Å²) in [7, 11) is 0. The number of nitro groups is 1. The van der Waals surface area contributed by atoms with Gasteiger partial charge >= 0.3 is 0 Å². The highest BCUT2D eigenvalue weighted by molar-refractivity contribution is 9.10. The van der Waals surface area contributed by atoms with Crippen LogP contribution >= 0.6 is 15.9 Å². The topological polar surface area (TPSA) is 105 Å². The van der Waals surface area contributed by atoms with E-state index in [4.69, 9.17) is 0 Å². The van der Waals surface area contributed by atoms with E-state index >= 15 is 0 Å². The maximum Gasteiger partial charge on any atom is 0.272 e. The number of amides is 1. The number of nitro benzene ring substituents is 1. The Kier molecular flexibility index (Phi) is 5.07. The van der Waals surface area contributed by atoms with Gasteiger partial charge in [-0.1, -0.05) is 15.9 Å². The van der Waals surface area contributed by atoms with Gasteiger partial charge in [-0.2, -0.15) is 5.10 Å². The van der Waals surface area contributed by atoms with Crippen molar-refractivity contribution in [1.29, 1.82) is 0 Å². The summed E-state index contributed by atoms with van der Waals surface area (Å²) in [5.74, 6) is -0.480. The molecule has 8 heteroatoms. The van der Waals surface area contributed by atoms with Gasteiger partial charge in [-0.05, 0) is 37.3 Å². The van der Waals surface area contributed by atoms with E-state index in [1.54, 1.807) is 19.1 Å². The minimum absolute atomic E-state index is 0.0254. The molecule has 0 radical (unpaired) electrons. The molecule has 1 amide bonds. The first-order valence-corrected chi connectivity index (χ1v) is 7.25. The predicted octanol–water partition coefficient (Wildman–Crippen LogP) is 3.14. The zero-order chi connectivity index (χ0) is 17.0. The van der Waals surface area contributed by atoms with E-state index in [1.165, 1.54) is 30.5 Å². The molecule has 2 rings (SSSR count). The van der Waals surface area contributed by atoms with E-state index in [0.29, 0.717) is 11.1 Å². The van der Waals surface area contributed by atoms with Crippen molar-refractivity contribution in [3.8, 4) is 5.75 Å². The fraction of sp³-hybridized carbons (Fsp3) is 0.0667. The van der Waals surface area contributed by atoms with Gasteiger partial charge in [0.15, 0.2) is 0 Å². The zero-order valence-electron chi connectivity index (χ0n) is 12.0. The van der Waals surface area contributed by atoms with E-state index in [9.17, 15) is 20.0 Å². The Morgan fingerprint density at radius 3 is 2.74 bits per heavy atom. The second-order valence-corrected chi connectivity index (χ2v) is 5.58. The van der Waals surface area contributed by atoms with Crippen LogP contribution in [0, 0.1) is 17.0 Å². The molecule has 0 bridgehead atoms. The third-order valence-electron chi connectivity index (χ3n) is 3.01. The van der Waals surface area contributed by atoms with E-state index in [2.05, 4.69) is 26.5 Å². The van der Waals surface area contributed by atoms with Gasteiger partial charge in [0, 0.05) is 27.2 Å². The Balaban J connectivity index is 2.10. The predicted molar refractivity (Wildman–Crippen MR) is 88.7 cm³/mol. The van der Waals surface area contributed by atoms with Gasteiger partial charge in [0.25, 0.3) is 11.6 Å². The summed E-state index contributed by atoms with van der Waals surface area (Å²) >= 11 is 3.27. The fourth-order valence-electron chi connectivity index (χ4n) is 1.86. The van der Waals surface area contributed by atoms with Crippen LogP contribution in [-0.4, -0.2) is 22.2 Å². The molecular weight excluding hydrogens is 366 g/mol. The van der Waals surface area contributed by atoms with Gasteiger partial charge in [0.2, 0.25) is 0 Å². The number of nitrogens with one attached hydrogen (secondary N) is 1. The second-order valence-electron chi connectivity index (χ2n) is 4.66. The molecule has 0 aliphatic heterocycles. The molecule has 2 aromatic rings. The highest BCUT2D eigenvalue weighted by Gasteiger charge is 2.13. The number of aromatic hydroxyl groups is 1. The Hall–Kier alpha value is -2.74. The number of hydrogen-bond acceptors (Lipinski definition) is 5. The Morgan fingerprint density at radius 2 is 2.09 bits per heavy atom. The average Bonchev–Trinajstić information content (AvgIpc) is 2.50. The highest BCUT2D eigenvalue weighted by Crippen LogP contribution is 2.20. The molecule has 0 aliphatic rings. The molecule has 0 saturated carbocycles. The summed E-state index contributed by atoms with van der Waals surface area (Å²) in [6.07, 6.45) is 1.30. The maximum atomic E-state index is 12.0. The van der Waals surface area contributed by atoms with Crippen LogP contribution in [0.3, 0.4) is 0 Å². The first-order chi connectivity index (χ1) is 10.9. The third-order valence-corrected chi connectivity index (χ3v) is 3.51. The SMILES string of the molecule is Cc1cc(C(=O)N/N=C/c2cc(Br)ccc2O)ccc1[N+](=O)[O-]. The average molecular weight is 378 g/mol. The molecule has 23 heavy (non-hydrogen) atoms. The Bertz CT molecular complexity index is 805. The summed E-state index contributed by atoms with van der Waals surface area (Å²) in [5, 5.41) is 24.2. The minimum Gasteiger partial charge on any atom is -0.507 e. The van der Waals surface area contributed by atoms with Gasteiger partial charge < -0.3 is 5.11 Å². The largest absolute Gasteiger partial charge is 0.507 e. The fourth-order valence-corrected chi connectivity index (χ4v) is 2.23. The van der Waals surface area contributed by atoms with Gasteiger partial charge in [-0.15, -0.1) is 0 Å². The summed E-state index contributed by atoms with van der Waals surface area (Å²) in [4.78, 5) is 22.2. The molecule has 7 nitrogen and oxygen atoms in total. The van der Waals surface area contributed by atoms with Crippen molar-refractivity contribution >= 4 is 33.7 Å². The van der Waals surface area contributed by atoms with E-state index in [1.807, 2.05) is 0 Å². The molecule has 2 N–H and O–H groups in total. The molecule has 0 aliphatic carbocycles. The lowest BCUT2D eigenvalue weighted by molar-refractivity contribution is -0.385. The number of halogens is 1. The van der Waals surface area contributed by atoms with Crippen LogP contribution in [0.4, 0.5) is 5.69 Å². The molecule has 0 aromatic heterocycles. The lowest BCUT2D eigenvalue weighted by Crippen LogP contribution is -2.17. The van der Waals surface area contributed by atoms with Gasteiger partial charge in [-0.3, -0.25) is 14.9 Å². The van der Waals surface area contributed by atoms with Crippen LogP contribution in [0.1, 0.15) is 21.5 Å². The monoisotopic (exact) mass is 377 g/mol. The first kappa shape index (κ1) is 16.6. The smallest absolute Gasteiger partial charge is 0.272 e. The number of rotatable bonds is 4. The minimum atomic E-state index is -0.509. The van der Waals surface area contributed by atoms with Crippen LogP contribution in [-0.2, 0) is 0 Å². The Morgan fingerprint density at radius 1 is 1.35 bits per heavy atom. The second kappa shape index (κ2) is 7.01. The van der Waals surface area contributed by atoms with Crippen molar-refractivity contribution < 1.29 is 14.8 Å². The molecule has 118 valence electrons. The number of carbonyl (C=O) groups excluding carboxylic acids is 1. The number of benzene rings is 2. The lowest BCUT2D eigenvalue weighted by atomic mass is 10.1. The summed E-state index contributed by atoms with van der Waals surface area (Å²) in [5.41, 5.74) is 3.32. The molecule has 0 saturated heterocycles. The zero-order valence-corrected chi connectivity index (χ0v) is 13.6. The Labute approximate surface area is 139 Å². The van der Waals surface area contributed by atoms with Crippen molar-refractivity contribution in [3.63, 3.8) is 0 Å². The van der Waals surface area contributed by atoms with Crippen molar-refractivity contribution in [2.24, 2.45) is 5.10 Å². The van der Waals surface area contributed by atoms with Crippen LogP contribution in [0.5, 0.6) is 5.75 Å². The van der Waals surface area contributed by atoms with Crippen molar-refractivity contribution in [2.45, 2.75) is 6.92 Å². The maximum absolute atomic E-state index is 12.0. The van der Waals surface area contributed by atoms with Crippen molar-refractivity contribution in [3.05, 3.63) is 67.7 Å².